The van der Waals surface area contributed by atoms with Gasteiger partial charge in [0, 0.05) is 25.3 Å². The molecule has 1 aliphatic heterocycles. The van der Waals surface area contributed by atoms with Crippen molar-refractivity contribution >= 4 is 11.6 Å². The molecule has 1 unspecified atom stereocenters. The first kappa shape index (κ1) is 21.9. The van der Waals surface area contributed by atoms with Gasteiger partial charge < -0.3 is 14.8 Å². The van der Waals surface area contributed by atoms with Gasteiger partial charge in [-0.2, -0.15) is 0 Å². The summed E-state index contributed by atoms with van der Waals surface area (Å²) in [6.07, 6.45) is 2.27. The number of amides is 1. The fourth-order valence-corrected chi connectivity index (χ4v) is 3.69. The number of tetrazole rings is 1. The number of ether oxygens (including phenoxy) is 2. The molecule has 168 valence electrons. The summed E-state index contributed by atoms with van der Waals surface area (Å²) in [7, 11) is 0. The zero-order valence-corrected chi connectivity index (χ0v) is 17.9. The lowest BCUT2D eigenvalue weighted by molar-refractivity contribution is -0.119. The van der Waals surface area contributed by atoms with Gasteiger partial charge in [-0.15, -0.1) is 5.10 Å². The van der Waals surface area contributed by atoms with Crippen molar-refractivity contribution < 1.29 is 18.7 Å². The van der Waals surface area contributed by atoms with E-state index in [0.29, 0.717) is 29.6 Å². The molecule has 1 N–H and O–H groups in total. The van der Waals surface area contributed by atoms with Crippen molar-refractivity contribution in [1.82, 2.24) is 20.2 Å². The summed E-state index contributed by atoms with van der Waals surface area (Å²) >= 11 is 0. The first-order chi connectivity index (χ1) is 15.6. The fourth-order valence-electron chi connectivity index (χ4n) is 3.69. The lowest BCUT2D eigenvalue weighted by Gasteiger charge is -2.22. The highest BCUT2D eigenvalue weighted by molar-refractivity contribution is 5.93. The van der Waals surface area contributed by atoms with Gasteiger partial charge in [0.15, 0.2) is 0 Å². The highest BCUT2D eigenvalue weighted by Crippen LogP contribution is 2.22. The number of hydrogen-bond acceptors (Lipinski definition) is 6. The minimum atomic E-state index is -0.726. The first-order valence-electron chi connectivity index (χ1n) is 10.7. The van der Waals surface area contributed by atoms with Crippen LogP contribution in [-0.4, -0.2) is 45.9 Å². The summed E-state index contributed by atoms with van der Waals surface area (Å²) < 4.78 is 26.3. The van der Waals surface area contributed by atoms with Crippen LogP contribution in [0.4, 0.5) is 10.1 Å². The normalized spacial score (nSPS) is 15.3. The van der Waals surface area contributed by atoms with E-state index in [4.69, 9.17) is 9.47 Å². The molecule has 0 saturated carbocycles. The van der Waals surface area contributed by atoms with Crippen molar-refractivity contribution in [3.05, 3.63) is 65.7 Å². The van der Waals surface area contributed by atoms with Gasteiger partial charge >= 0.3 is 0 Å². The molecule has 0 aliphatic carbocycles. The van der Waals surface area contributed by atoms with Crippen LogP contribution in [-0.2, 0) is 16.0 Å². The van der Waals surface area contributed by atoms with Crippen LogP contribution >= 0.6 is 0 Å². The average Bonchev–Trinajstić information content (AvgIpc) is 3.23. The summed E-state index contributed by atoms with van der Waals surface area (Å²) in [6, 6.07) is 12.7. The van der Waals surface area contributed by atoms with E-state index < -0.39 is 6.04 Å². The molecule has 1 fully saturated rings. The van der Waals surface area contributed by atoms with Gasteiger partial charge in [0.1, 0.15) is 23.4 Å². The second kappa shape index (κ2) is 10.3. The Morgan fingerprint density at radius 1 is 1.25 bits per heavy atom. The highest BCUT2D eigenvalue weighted by Gasteiger charge is 2.24. The van der Waals surface area contributed by atoms with E-state index in [1.807, 2.05) is 12.1 Å². The minimum absolute atomic E-state index is 0.252. The van der Waals surface area contributed by atoms with Crippen LogP contribution in [0.15, 0.2) is 48.5 Å². The number of halogens is 1. The number of anilines is 1. The molecule has 0 spiro atoms. The molecule has 1 atom stereocenters. The van der Waals surface area contributed by atoms with E-state index in [9.17, 15) is 9.18 Å². The van der Waals surface area contributed by atoms with Gasteiger partial charge in [-0.1, -0.05) is 12.1 Å². The van der Waals surface area contributed by atoms with Crippen LogP contribution < -0.4 is 10.1 Å². The van der Waals surface area contributed by atoms with Crippen LogP contribution in [0.3, 0.4) is 0 Å². The molecule has 2 aromatic carbocycles. The lowest BCUT2D eigenvalue weighted by Crippen LogP contribution is -2.29. The van der Waals surface area contributed by atoms with Gasteiger partial charge in [-0.05, 0) is 78.1 Å². The molecule has 32 heavy (non-hydrogen) atoms. The summed E-state index contributed by atoms with van der Waals surface area (Å²) in [5.41, 5.74) is 1.31. The number of aromatic nitrogens is 4. The second-order valence-corrected chi connectivity index (χ2v) is 7.90. The summed E-state index contributed by atoms with van der Waals surface area (Å²) in [4.78, 5) is 13.1. The third-order valence-electron chi connectivity index (χ3n) is 5.52. The van der Waals surface area contributed by atoms with Crippen LogP contribution in [0.2, 0.25) is 0 Å². The van der Waals surface area contributed by atoms with E-state index in [2.05, 4.69) is 20.8 Å². The van der Waals surface area contributed by atoms with Crippen molar-refractivity contribution in [2.45, 2.75) is 32.2 Å². The molecule has 1 saturated heterocycles. The molecule has 0 bridgehead atoms. The number of rotatable bonds is 8. The molecule has 2 heterocycles. The minimum Gasteiger partial charge on any atom is -0.493 e. The predicted octanol–water partition coefficient (Wildman–Crippen LogP) is 3.35. The largest absolute Gasteiger partial charge is 0.493 e. The van der Waals surface area contributed by atoms with Gasteiger partial charge in [0.05, 0.1) is 6.61 Å². The van der Waals surface area contributed by atoms with E-state index >= 15 is 0 Å². The van der Waals surface area contributed by atoms with Gasteiger partial charge in [-0.25, -0.2) is 9.07 Å². The Bertz CT molecular complexity index is 1030. The lowest BCUT2D eigenvalue weighted by atomic mass is 10.0. The molecular formula is C23H26FN5O3. The molecule has 1 amide bonds. The monoisotopic (exact) mass is 439 g/mol. The molecule has 1 aliphatic rings. The molecule has 3 aromatic rings. The first-order valence-corrected chi connectivity index (χ1v) is 10.7. The van der Waals surface area contributed by atoms with Crippen molar-refractivity contribution in [3.8, 4) is 5.75 Å². The van der Waals surface area contributed by atoms with Crippen LogP contribution in [0.1, 0.15) is 30.3 Å². The van der Waals surface area contributed by atoms with Crippen molar-refractivity contribution in [2.24, 2.45) is 5.92 Å². The zero-order valence-electron chi connectivity index (χ0n) is 17.9. The quantitative estimate of drug-likeness (QED) is 0.579. The maximum atomic E-state index is 13.6. The number of hydrogen-bond donors (Lipinski definition) is 1. The topological polar surface area (TPSA) is 91.2 Å². The van der Waals surface area contributed by atoms with Gasteiger partial charge in [-0.3, -0.25) is 4.79 Å². The van der Waals surface area contributed by atoms with E-state index in [-0.39, 0.29) is 18.1 Å². The Labute approximate surface area is 185 Å². The predicted molar refractivity (Wildman–Crippen MR) is 116 cm³/mol. The number of carbonyl (C=O) groups excluding carboxylic acids is 1. The maximum Gasteiger partial charge on any atom is 0.249 e. The van der Waals surface area contributed by atoms with Gasteiger partial charge in [0.2, 0.25) is 5.91 Å². The third-order valence-corrected chi connectivity index (χ3v) is 5.52. The van der Waals surface area contributed by atoms with Crippen LogP contribution in [0, 0.1) is 18.7 Å². The maximum absolute atomic E-state index is 13.6. The standard InChI is InChI=1S/C23H26FN5O3/c1-16-26-27-28-29(16)22(14-18-3-2-4-19(24)13-18)23(30)25-20-5-7-21(8-6-20)32-15-17-9-11-31-12-10-17/h2-8,13,17,22H,9-12,14-15H2,1H3,(H,25,30). The Balaban J connectivity index is 1.41. The molecule has 9 heteroatoms. The summed E-state index contributed by atoms with van der Waals surface area (Å²) in [6.45, 7) is 3.95. The molecule has 4 rings (SSSR count). The SMILES string of the molecule is Cc1nnnn1C(Cc1cccc(F)c1)C(=O)Nc1ccc(OCC2CCOCC2)cc1. The second-order valence-electron chi connectivity index (χ2n) is 7.90. The Hall–Kier alpha value is -3.33. The van der Waals surface area contributed by atoms with Crippen molar-refractivity contribution in [2.75, 3.05) is 25.1 Å². The number of nitrogens with one attached hydrogen (secondary N) is 1. The number of nitrogens with zero attached hydrogens (tertiary/aromatic N) is 4. The van der Waals surface area contributed by atoms with Crippen molar-refractivity contribution in [3.63, 3.8) is 0 Å². The molecule has 8 nitrogen and oxygen atoms in total. The Kier molecular flexibility index (Phi) is 7.06. The Morgan fingerprint density at radius 2 is 2.03 bits per heavy atom. The molecular weight excluding hydrogens is 413 g/mol. The number of carbonyl (C=O) groups is 1. The number of benzene rings is 2. The van der Waals surface area contributed by atoms with Crippen molar-refractivity contribution in [1.29, 1.82) is 0 Å². The van der Waals surface area contributed by atoms with Crippen LogP contribution in [0.25, 0.3) is 0 Å². The van der Waals surface area contributed by atoms with Gasteiger partial charge in [0.25, 0.3) is 0 Å². The van der Waals surface area contributed by atoms with Crippen LogP contribution in [0.5, 0.6) is 5.75 Å². The smallest absolute Gasteiger partial charge is 0.249 e. The average molecular weight is 439 g/mol. The Morgan fingerprint density at radius 3 is 2.72 bits per heavy atom. The highest BCUT2D eigenvalue weighted by atomic mass is 19.1. The fraction of sp³-hybridized carbons (Fsp3) is 0.391. The molecule has 0 radical (unpaired) electrons. The third kappa shape index (κ3) is 5.67. The van der Waals surface area contributed by atoms with E-state index in [1.165, 1.54) is 16.8 Å². The summed E-state index contributed by atoms with van der Waals surface area (Å²) in [5.74, 6) is 1.11. The zero-order chi connectivity index (χ0) is 22.3. The van der Waals surface area contributed by atoms with E-state index in [1.54, 1.807) is 31.2 Å². The summed E-state index contributed by atoms with van der Waals surface area (Å²) in [5, 5.41) is 14.4. The number of aryl methyl sites for hydroxylation is 1. The van der Waals surface area contributed by atoms with E-state index in [0.717, 1.165) is 31.8 Å². The molecule has 1 aromatic heterocycles.